The molecule has 5 heteroatoms. The van der Waals surface area contributed by atoms with E-state index in [-0.39, 0.29) is 0 Å². The molecule has 0 amide bonds. The molecule has 2 N–H and O–H groups in total. The van der Waals surface area contributed by atoms with Gasteiger partial charge in [-0.1, -0.05) is 6.92 Å². The summed E-state index contributed by atoms with van der Waals surface area (Å²) in [7, 11) is 2.22. The summed E-state index contributed by atoms with van der Waals surface area (Å²) in [6.07, 6.45) is 1.22. The lowest BCUT2D eigenvalue weighted by Crippen LogP contribution is -2.50. The summed E-state index contributed by atoms with van der Waals surface area (Å²) in [6, 6.07) is 0.691. The van der Waals surface area contributed by atoms with E-state index >= 15 is 0 Å². The van der Waals surface area contributed by atoms with E-state index in [1.807, 2.05) is 0 Å². The minimum atomic E-state index is 0.561. The lowest BCUT2D eigenvalue weighted by molar-refractivity contribution is 0.0876. The van der Waals surface area contributed by atoms with Crippen LogP contribution < -0.4 is 5.73 Å². The van der Waals surface area contributed by atoms with Crippen LogP contribution in [0.3, 0.4) is 0 Å². The first kappa shape index (κ1) is 13.0. The second kappa shape index (κ2) is 5.91. The Hall–Kier alpha value is -0.490. The Morgan fingerprint density at radius 3 is 3.00 bits per heavy atom. The third-order valence-corrected chi connectivity index (χ3v) is 4.41. The molecule has 1 aliphatic rings. The van der Waals surface area contributed by atoms with E-state index in [0.29, 0.717) is 12.6 Å². The number of piperazine rings is 1. The summed E-state index contributed by atoms with van der Waals surface area (Å²) >= 11 is 1.67. The van der Waals surface area contributed by atoms with E-state index in [2.05, 4.69) is 34.1 Å². The van der Waals surface area contributed by atoms with Crippen LogP contribution in [0.5, 0.6) is 0 Å². The molecule has 0 saturated carbocycles. The standard InChI is InChI=1S/C12H22N4S/c1-3-11-8-16(5-4-15(11)2)7-10-9-17-12(6-13)14-10/h9,11H,3-8,13H2,1-2H3. The quantitative estimate of drug-likeness (QED) is 0.875. The second-order valence-electron chi connectivity index (χ2n) is 4.71. The molecule has 0 bridgehead atoms. The number of rotatable bonds is 4. The highest BCUT2D eigenvalue weighted by Crippen LogP contribution is 2.15. The van der Waals surface area contributed by atoms with Crippen molar-refractivity contribution in [3.8, 4) is 0 Å². The van der Waals surface area contributed by atoms with Crippen LogP contribution in [0.2, 0.25) is 0 Å². The average molecular weight is 254 g/mol. The largest absolute Gasteiger partial charge is 0.325 e. The number of nitrogens with zero attached hydrogens (tertiary/aromatic N) is 3. The molecule has 17 heavy (non-hydrogen) atoms. The zero-order valence-corrected chi connectivity index (χ0v) is 11.5. The smallest absolute Gasteiger partial charge is 0.106 e. The predicted molar refractivity (Wildman–Crippen MR) is 72.0 cm³/mol. The molecule has 1 unspecified atom stereocenters. The van der Waals surface area contributed by atoms with E-state index in [9.17, 15) is 0 Å². The van der Waals surface area contributed by atoms with Gasteiger partial charge in [0.25, 0.3) is 0 Å². The molecule has 0 spiro atoms. The SMILES string of the molecule is CCC1CN(Cc2csc(CN)n2)CCN1C. The molecule has 2 rings (SSSR count). The average Bonchev–Trinajstić information content (AvgIpc) is 2.79. The topological polar surface area (TPSA) is 45.4 Å². The first-order valence-electron chi connectivity index (χ1n) is 6.28. The van der Waals surface area contributed by atoms with Crippen LogP contribution >= 0.6 is 11.3 Å². The van der Waals surface area contributed by atoms with Gasteiger partial charge in [-0.25, -0.2) is 4.98 Å². The maximum absolute atomic E-state index is 5.59. The van der Waals surface area contributed by atoms with Crippen LogP contribution in [0.1, 0.15) is 24.0 Å². The summed E-state index contributed by atoms with van der Waals surface area (Å²) < 4.78 is 0. The molecule has 1 aliphatic heterocycles. The van der Waals surface area contributed by atoms with Crippen LogP contribution in [-0.4, -0.2) is 47.5 Å². The van der Waals surface area contributed by atoms with Gasteiger partial charge in [0.2, 0.25) is 0 Å². The molecule has 1 saturated heterocycles. The number of aromatic nitrogens is 1. The zero-order chi connectivity index (χ0) is 12.3. The van der Waals surface area contributed by atoms with Crippen LogP contribution in [0.4, 0.5) is 0 Å². The van der Waals surface area contributed by atoms with Gasteiger partial charge >= 0.3 is 0 Å². The van der Waals surface area contributed by atoms with Gasteiger partial charge in [-0.2, -0.15) is 0 Å². The minimum absolute atomic E-state index is 0.561. The van der Waals surface area contributed by atoms with Gasteiger partial charge in [0.05, 0.1) is 5.69 Å². The fourth-order valence-corrected chi connectivity index (χ4v) is 3.00. The Morgan fingerprint density at radius 2 is 2.35 bits per heavy atom. The molecule has 1 aromatic heterocycles. The fraction of sp³-hybridized carbons (Fsp3) is 0.750. The molecular formula is C12H22N4S. The first-order chi connectivity index (χ1) is 8.22. The molecule has 2 heterocycles. The van der Waals surface area contributed by atoms with Crippen molar-refractivity contribution in [2.24, 2.45) is 5.73 Å². The normalized spacial score (nSPS) is 23.1. The van der Waals surface area contributed by atoms with E-state index in [1.54, 1.807) is 11.3 Å². The van der Waals surface area contributed by atoms with Crippen molar-refractivity contribution in [2.45, 2.75) is 32.5 Å². The van der Waals surface area contributed by atoms with Gasteiger partial charge in [-0.3, -0.25) is 4.90 Å². The molecular weight excluding hydrogens is 232 g/mol. The summed E-state index contributed by atoms with van der Waals surface area (Å²) in [5.41, 5.74) is 6.76. The van der Waals surface area contributed by atoms with Crippen LogP contribution in [0.15, 0.2) is 5.38 Å². The van der Waals surface area contributed by atoms with Gasteiger partial charge in [-0.15, -0.1) is 11.3 Å². The molecule has 1 fully saturated rings. The predicted octanol–water partition coefficient (Wildman–Crippen LogP) is 1.13. The molecule has 96 valence electrons. The number of thiazole rings is 1. The second-order valence-corrected chi connectivity index (χ2v) is 5.66. The van der Waals surface area contributed by atoms with Gasteiger partial charge in [-0.05, 0) is 13.5 Å². The third kappa shape index (κ3) is 3.25. The van der Waals surface area contributed by atoms with Crippen molar-refractivity contribution >= 4 is 11.3 Å². The van der Waals surface area contributed by atoms with Crippen LogP contribution in [0.25, 0.3) is 0 Å². The maximum Gasteiger partial charge on any atom is 0.106 e. The highest BCUT2D eigenvalue weighted by atomic mass is 32.1. The molecule has 0 aliphatic carbocycles. The molecule has 1 atom stereocenters. The number of hydrogen-bond acceptors (Lipinski definition) is 5. The van der Waals surface area contributed by atoms with Crippen molar-refractivity contribution < 1.29 is 0 Å². The van der Waals surface area contributed by atoms with Gasteiger partial charge in [0.1, 0.15) is 5.01 Å². The highest BCUT2D eigenvalue weighted by molar-refractivity contribution is 7.09. The van der Waals surface area contributed by atoms with E-state index in [4.69, 9.17) is 5.73 Å². The first-order valence-corrected chi connectivity index (χ1v) is 7.16. The highest BCUT2D eigenvalue weighted by Gasteiger charge is 2.23. The maximum atomic E-state index is 5.59. The summed E-state index contributed by atoms with van der Waals surface area (Å²) in [5.74, 6) is 0. The van der Waals surface area contributed by atoms with Crippen LogP contribution in [0, 0.1) is 0 Å². The van der Waals surface area contributed by atoms with E-state index in [0.717, 1.165) is 31.2 Å². The Balaban J connectivity index is 1.90. The van der Waals surface area contributed by atoms with Crippen molar-refractivity contribution in [3.63, 3.8) is 0 Å². The lowest BCUT2D eigenvalue weighted by Gasteiger charge is -2.38. The summed E-state index contributed by atoms with van der Waals surface area (Å²) in [5, 5.41) is 3.18. The van der Waals surface area contributed by atoms with Crippen molar-refractivity contribution in [1.82, 2.24) is 14.8 Å². The third-order valence-electron chi connectivity index (χ3n) is 3.49. The molecule has 1 aromatic rings. The Bertz CT molecular complexity index is 352. The van der Waals surface area contributed by atoms with Crippen molar-refractivity contribution in [3.05, 3.63) is 16.1 Å². The van der Waals surface area contributed by atoms with Crippen molar-refractivity contribution in [2.75, 3.05) is 26.7 Å². The molecule has 0 aromatic carbocycles. The summed E-state index contributed by atoms with van der Waals surface area (Å²) in [6.45, 7) is 7.25. The molecule has 0 radical (unpaired) electrons. The Morgan fingerprint density at radius 1 is 1.53 bits per heavy atom. The number of hydrogen-bond donors (Lipinski definition) is 1. The zero-order valence-electron chi connectivity index (χ0n) is 10.7. The van der Waals surface area contributed by atoms with Crippen molar-refractivity contribution in [1.29, 1.82) is 0 Å². The van der Waals surface area contributed by atoms with E-state index in [1.165, 1.54) is 12.1 Å². The lowest BCUT2D eigenvalue weighted by atomic mass is 10.1. The minimum Gasteiger partial charge on any atom is -0.325 e. The van der Waals surface area contributed by atoms with Crippen LogP contribution in [-0.2, 0) is 13.1 Å². The summed E-state index contributed by atoms with van der Waals surface area (Å²) in [4.78, 5) is 9.50. The van der Waals surface area contributed by atoms with E-state index < -0.39 is 0 Å². The Kier molecular flexibility index (Phi) is 4.50. The Labute approximate surface area is 107 Å². The number of nitrogens with two attached hydrogens (primary N) is 1. The number of likely N-dealkylation sites (N-methyl/N-ethyl adjacent to an activating group) is 1. The molecule has 4 nitrogen and oxygen atoms in total. The fourth-order valence-electron chi connectivity index (χ4n) is 2.34. The van der Waals surface area contributed by atoms with Gasteiger partial charge < -0.3 is 10.6 Å². The van der Waals surface area contributed by atoms with Gasteiger partial charge in [0, 0.05) is 44.1 Å². The van der Waals surface area contributed by atoms with Gasteiger partial charge in [0.15, 0.2) is 0 Å². The monoisotopic (exact) mass is 254 g/mol.